The number of benzene rings is 1. The Morgan fingerprint density at radius 3 is 2.21 bits per heavy atom. The third-order valence-corrected chi connectivity index (χ3v) is 5.57. The second-order valence-electron chi connectivity index (χ2n) is 7.17. The van der Waals surface area contributed by atoms with Gasteiger partial charge in [0.15, 0.2) is 11.5 Å². The van der Waals surface area contributed by atoms with Crippen molar-refractivity contribution in [3.63, 3.8) is 0 Å². The summed E-state index contributed by atoms with van der Waals surface area (Å²) in [7, 11) is 4.67. The van der Waals surface area contributed by atoms with E-state index in [2.05, 4.69) is 10.2 Å². The maximum absolute atomic E-state index is 13.1. The molecule has 2 fully saturated rings. The molecule has 1 aromatic carbocycles. The molecule has 2 aliphatic rings. The summed E-state index contributed by atoms with van der Waals surface area (Å²) in [5, 5.41) is 3.42. The molecule has 1 aromatic rings. The van der Waals surface area contributed by atoms with Crippen LogP contribution in [0.2, 0.25) is 0 Å². The first kappa shape index (κ1) is 22.6. The molecule has 2 saturated heterocycles. The fourth-order valence-corrected chi connectivity index (χ4v) is 4.00. The molecule has 0 spiro atoms. The van der Waals surface area contributed by atoms with E-state index < -0.39 is 0 Å². The highest BCUT2D eigenvalue weighted by atomic mass is 35.5. The molecule has 0 aliphatic carbocycles. The van der Waals surface area contributed by atoms with Crippen molar-refractivity contribution in [2.24, 2.45) is 5.92 Å². The zero-order valence-electron chi connectivity index (χ0n) is 17.0. The van der Waals surface area contributed by atoms with Gasteiger partial charge in [-0.2, -0.15) is 0 Å². The Bertz CT molecular complexity index is 645. The molecule has 1 amide bonds. The minimum Gasteiger partial charge on any atom is -0.493 e. The number of ether oxygens (including phenoxy) is 3. The largest absolute Gasteiger partial charge is 0.493 e. The first-order valence-electron chi connectivity index (χ1n) is 9.69. The summed E-state index contributed by atoms with van der Waals surface area (Å²) in [5.41, 5.74) is 0.516. The molecule has 1 N–H and O–H groups in total. The molecule has 0 bridgehead atoms. The van der Waals surface area contributed by atoms with Crippen LogP contribution in [0.3, 0.4) is 0 Å². The maximum atomic E-state index is 13.1. The highest BCUT2D eigenvalue weighted by Gasteiger charge is 2.28. The summed E-state index contributed by atoms with van der Waals surface area (Å²) >= 11 is 0. The average molecular weight is 414 g/mol. The van der Waals surface area contributed by atoms with Crippen molar-refractivity contribution in [2.45, 2.75) is 12.8 Å². The van der Waals surface area contributed by atoms with Gasteiger partial charge in [-0.1, -0.05) is 0 Å². The molecule has 0 unspecified atom stereocenters. The van der Waals surface area contributed by atoms with E-state index >= 15 is 0 Å². The maximum Gasteiger partial charge on any atom is 0.257 e. The smallest absolute Gasteiger partial charge is 0.257 e. The molecule has 3 rings (SSSR count). The van der Waals surface area contributed by atoms with E-state index in [0.717, 1.165) is 51.7 Å². The van der Waals surface area contributed by atoms with Gasteiger partial charge >= 0.3 is 0 Å². The summed E-state index contributed by atoms with van der Waals surface area (Å²) < 4.78 is 16.2. The molecular formula is C20H32ClN3O4. The Kier molecular flexibility index (Phi) is 8.66. The second kappa shape index (κ2) is 10.7. The average Bonchev–Trinajstić information content (AvgIpc) is 2.73. The van der Waals surface area contributed by atoms with E-state index in [0.29, 0.717) is 22.8 Å². The summed E-state index contributed by atoms with van der Waals surface area (Å²) in [6.07, 6.45) is 2.50. The molecule has 158 valence electrons. The highest BCUT2D eigenvalue weighted by molar-refractivity contribution is 5.98. The van der Waals surface area contributed by atoms with E-state index in [9.17, 15) is 4.79 Å². The Labute approximate surface area is 173 Å². The van der Waals surface area contributed by atoms with Crippen LogP contribution in [0, 0.1) is 5.92 Å². The molecule has 0 aromatic heterocycles. The van der Waals surface area contributed by atoms with E-state index in [1.807, 2.05) is 4.90 Å². The van der Waals surface area contributed by atoms with Crippen LogP contribution in [-0.4, -0.2) is 82.8 Å². The van der Waals surface area contributed by atoms with Gasteiger partial charge < -0.3 is 24.4 Å². The number of methoxy groups -OCH3 is 3. The SMILES string of the molecule is COc1ccc(C(=O)N2CCN(CC3CCNCC3)CC2)c(OC)c1OC.Cl. The lowest BCUT2D eigenvalue weighted by Crippen LogP contribution is -2.50. The molecular weight excluding hydrogens is 382 g/mol. The Hall–Kier alpha value is -1.70. The van der Waals surface area contributed by atoms with Crippen LogP contribution < -0.4 is 19.5 Å². The van der Waals surface area contributed by atoms with Crippen LogP contribution in [0.4, 0.5) is 0 Å². The lowest BCUT2D eigenvalue weighted by molar-refractivity contribution is 0.0604. The van der Waals surface area contributed by atoms with Crippen molar-refractivity contribution >= 4 is 18.3 Å². The number of piperidine rings is 1. The predicted octanol–water partition coefficient (Wildman–Crippen LogP) is 1.89. The third-order valence-electron chi connectivity index (χ3n) is 5.57. The number of carbonyl (C=O) groups is 1. The number of rotatable bonds is 6. The number of nitrogens with one attached hydrogen (secondary N) is 1. The molecule has 7 nitrogen and oxygen atoms in total. The minimum atomic E-state index is -0.0191. The zero-order chi connectivity index (χ0) is 19.2. The number of nitrogens with zero attached hydrogens (tertiary/aromatic N) is 2. The van der Waals surface area contributed by atoms with E-state index in [4.69, 9.17) is 14.2 Å². The Balaban J connectivity index is 0.00000280. The first-order chi connectivity index (χ1) is 13.2. The van der Waals surface area contributed by atoms with Crippen LogP contribution in [0.5, 0.6) is 17.2 Å². The zero-order valence-corrected chi connectivity index (χ0v) is 17.8. The van der Waals surface area contributed by atoms with Crippen molar-refractivity contribution in [2.75, 3.05) is 67.1 Å². The van der Waals surface area contributed by atoms with Crippen molar-refractivity contribution < 1.29 is 19.0 Å². The lowest BCUT2D eigenvalue weighted by Gasteiger charge is -2.37. The number of hydrogen-bond acceptors (Lipinski definition) is 6. The quantitative estimate of drug-likeness (QED) is 0.768. The highest BCUT2D eigenvalue weighted by Crippen LogP contribution is 2.40. The molecule has 2 aliphatic heterocycles. The number of amides is 1. The standard InChI is InChI=1S/C20H31N3O4.ClH/c1-25-17-5-4-16(18(26-2)19(17)27-3)20(24)23-12-10-22(11-13-23)14-15-6-8-21-9-7-15;/h4-5,15,21H,6-14H2,1-3H3;1H. The topological polar surface area (TPSA) is 63.3 Å². The summed E-state index contributed by atoms with van der Waals surface area (Å²) in [4.78, 5) is 17.5. The van der Waals surface area contributed by atoms with Gasteiger partial charge in [-0.3, -0.25) is 9.69 Å². The third kappa shape index (κ3) is 5.01. The first-order valence-corrected chi connectivity index (χ1v) is 9.69. The van der Waals surface area contributed by atoms with Crippen molar-refractivity contribution in [1.29, 1.82) is 0 Å². The van der Waals surface area contributed by atoms with E-state index in [-0.39, 0.29) is 18.3 Å². The van der Waals surface area contributed by atoms with Gasteiger partial charge in [0.05, 0.1) is 26.9 Å². The van der Waals surface area contributed by atoms with Crippen LogP contribution in [0.15, 0.2) is 12.1 Å². The van der Waals surface area contributed by atoms with Crippen LogP contribution in [0.1, 0.15) is 23.2 Å². The summed E-state index contributed by atoms with van der Waals surface area (Å²) in [5.74, 6) is 2.20. The van der Waals surface area contributed by atoms with Crippen molar-refractivity contribution in [1.82, 2.24) is 15.1 Å². The number of piperazine rings is 1. The van der Waals surface area contributed by atoms with Gasteiger partial charge in [0, 0.05) is 32.7 Å². The van der Waals surface area contributed by atoms with Crippen LogP contribution in [0.25, 0.3) is 0 Å². The van der Waals surface area contributed by atoms with Crippen molar-refractivity contribution in [3.05, 3.63) is 17.7 Å². The van der Waals surface area contributed by atoms with Crippen LogP contribution >= 0.6 is 12.4 Å². The summed E-state index contributed by atoms with van der Waals surface area (Å²) in [6, 6.07) is 3.51. The molecule has 0 saturated carbocycles. The normalized spacial score (nSPS) is 18.3. The van der Waals surface area contributed by atoms with Gasteiger partial charge in [0.25, 0.3) is 5.91 Å². The number of carbonyl (C=O) groups excluding carboxylic acids is 1. The van der Waals surface area contributed by atoms with E-state index in [1.54, 1.807) is 33.5 Å². The number of halogens is 1. The molecule has 0 radical (unpaired) electrons. The van der Waals surface area contributed by atoms with Crippen molar-refractivity contribution in [3.8, 4) is 17.2 Å². The molecule has 0 atom stereocenters. The van der Waals surface area contributed by atoms with Gasteiger partial charge in [-0.05, 0) is 44.0 Å². The molecule has 28 heavy (non-hydrogen) atoms. The van der Waals surface area contributed by atoms with Gasteiger partial charge in [0.2, 0.25) is 5.75 Å². The summed E-state index contributed by atoms with van der Waals surface area (Å²) in [6.45, 7) is 6.72. The molecule has 8 heteroatoms. The minimum absolute atomic E-state index is 0. The Morgan fingerprint density at radius 2 is 1.64 bits per heavy atom. The van der Waals surface area contributed by atoms with Gasteiger partial charge in [-0.25, -0.2) is 0 Å². The monoisotopic (exact) mass is 413 g/mol. The number of hydrogen-bond donors (Lipinski definition) is 1. The fraction of sp³-hybridized carbons (Fsp3) is 0.650. The van der Waals surface area contributed by atoms with Gasteiger partial charge in [0.1, 0.15) is 0 Å². The lowest BCUT2D eigenvalue weighted by atomic mass is 9.97. The van der Waals surface area contributed by atoms with Gasteiger partial charge in [-0.15, -0.1) is 12.4 Å². The fourth-order valence-electron chi connectivity index (χ4n) is 4.00. The second-order valence-corrected chi connectivity index (χ2v) is 7.17. The predicted molar refractivity (Wildman–Crippen MR) is 111 cm³/mol. The van der Waals surface area contributed by atoms with E-state index in [1.165, 1.54) is 12.8 Å². The molecule has 2 heterocycles. The Morgan fingerprint density at radius 1 is 1.00 bits per heavy atom. The van der Waals surface area contributed by atoms with Crippen LogP contribution in [-0.2, 0) is 0 Å².